The van der Waals surface area contributed by atoms with Crippen LogP contribution >= 0.6 is 0 Å². The Morgan fingerprint density at radius 2 is 1.97 bits per heavy atom. The Hall–Kier alpha value is -2.34. The van der Waals surface area contributed by atoms with E-state index in [0.29, 0.717) is 31.8 Å². The van der Waals surface area contributed by atoms with E-state index >= 15 is 0 Å². The molecule has 0 radical (unpaired) electrons. The van der Waals surface area contributed by atoms with Gasteiger partial charge in [0.2, 0.25) is 10.0 Å². The van der Waals surface area contributed by atoms with Crippen molar-refractivity contribution in [3.8, 4) is 0 Å². The summed E-state index contributed by atoms with van der Waals surface area (Å²) in [5.74, 6) is -0.579. The van der Waals surface area contributed by atoms with Crippen molar-refractivity contribution in [2.75, 3.05) is 56.7 Å². The number of carbonyl (C=O) groups is 1. The molecule has 0 atom stereocenters. The summed E-state index contributed by atoms with van der Waals surface area (Å²) < 4.78 is 37.9. The Morgan fingerprint density at radius 3 is 2.75 bits per heavy atom. The Kier molecular flexibility index (Phi) is 7.19. The minimum Gasteiger partial charge on any atom is -0.380 e. The van der Waals surface area contributed by atoms with E-state index in [9.17, 15) is 13.2 Å². The number of hydrogen-bond donors (Lipinski definition) is 1. The smallest absolute Gasteiger partial charge is 0.267 e. The summed E-state index contributed by atoms with van der Waals surface area (Å²) in [5.41, 5.74) is 7.16. The number of rotatable bonds is 7. The predicted octanol–water partition coefficient (Wildman–Crippen LogP) is 0.766. The van der Waals surface area contributed by atoms with Gasteiger partial charge in [-0.3, -0.25) is 9.78 Å². The summed E-state index contributed by atoms with van der Waals surface area (Å²) in [4.78, 5) is 22.4. The number of nitrogens with zero attached hydrogens (tertiary/aromatic N) is 4. The fourth-order valence-corrected chi connectivity index (χ4v) is 5.44. The number of amides is 1. The fourth-order valence-electron chi connectivity index (χ4n) is 4.11. The molecule has 0 unspecified atom stereocenters. The summed E-state index contributed by atoms with van der Waals surface area (Å²) >= 11 is 0. The molecule has 0 spiro atoms. The van der Waals surface area contributed by atoms with Crippen LogP contribution in [0.15, 0.2) is 24.5 Å². The molecule has 0 bridgehead atoms. The molecule has 11 heteroatoms. The van der Waals surface area contributed by atoms with Gasteiger partial charge >= 0.3 is 0 Å². The molecule has 174 valence electrons. The van der Waals surface area contributed by atoms with Gasteiger partial charge in [-0.25, -0.2) is 13.4 Å². The summed E-state index contributed by atoms with van der Waals surface area (Å²) in [6.45, 7) is 3.60. The highest BCUT2D eigenvalue weighted by Gasteiger charge is 2.25. The normalized spacial score (nSPS) is 19.2. The third-order valence-electron chi connectivity index (χ3n) is 5.88. The van der Waals surface area contributed by atoms with Crippen molar-refractivity contribution in [2.45, 2.75) is 25.4 Å². The molecule has 0 saturated carbocycles. The number of nitrogens with two attached hydrogens (primary N) is 1. The molecular formula is C21H29N5O5S. The van der Waals surface area contributed by atoms with E-state index in [-0.39, 0.29) is 24.2 Å². The van der Waals surface area contributed by atoms with E-state index in [0.717, 1.165) is 43.4 Å². The van der Waals surface area contributed by atoms with Crippen LogP contribution in [-0.4, -0.2) is 86.5 Å². The van der Waals surface area contributed by atoms with Gasteiger partial charge in [0.05, 0.1) is 42.5 Å². The van der Waals surface area contributed by atoms with Gasteiger partial charge in [0, 0.05) is 44.4 Å². The highest BCUT2D eigenvalue weighted by molar-refractivity contribution is 7.89. The molecule has 2 aromatic heterocycles. The zero-order valence-electron chi connectivity index (χ0n) is 18.0. The first kappa shape index (κ1) is 22.8. The number of hydrogen-bond acceptors (Lipinski definition) is 8. The highest BCUT2D eigenvalue weighted by Crippen LogP contribution is 2.27. The molecule has 2 aromatic rings. The molecule has 2 aliphatic rings. The molecule has 1 amide bonds. The van der Waals surface area contributed by atoms with E-state index in [4.69, 9.17) is 15.2 Å². The van der Waals surface area contributed by atoms with Crippen LogP contribution in [0.2, 0.25) is 0 Å². The van der Waals surface area contributed by atoms with E-state index in [1.165, 1.54) is 4.31 Å². The Labute approximate surface area is 187 Å². The summed E-state index contributed by atoms with van der Waals surface area (Å²) in [6.07, 6.45) is 5.72. The summed E-state index contributed by atoms with van der Waals surface area (Å²) in [5, 5.41) is 0.843. The molecule has 2 aliphatic heterocycles. The highest BCUT2D eigenvalue weighted by atomic mass is 32.2. The maximum absolute atomic E-state index is 12.6. The van der Waals surface area contributed by atoms with Crippen LogP contribution in [0.25, 0.3) is 10.9 Å². The van der Waals surface area contributed by atoms with Gasteiger partial charge in [0.1, 0.15) is 5.69 Å². The SMILES string of the molecule is NC(=O)c1ccc2cncc(N3CCC(OCCS(=O)(=O)N4CCCOCC4)CC3)c2n1. The minimum absolute atomic E-state index is 0.00555. The van der Waals surface area contributed by atoms with Gasteiger partial charge in [-0.2, -0.15) is 4.31 Å². The average Bonchev–Trinajstić information content (AvgIpc) is 3.09. The number of primary amides is 1. The van der Waals surface area contributed by atoms with Gasteiger partial charge in [-0.15, -0.1) is 0 Å². The monoisotopic (exact) mass is 463 g/mol. The Morgan fingerprint density at radius 1 is 1.16 bits per heavy atom. The zero-order chi connectivity index (χ0) is 22.6. The zero-order valence-corrected chi connectivity index (χ0v) is 18.8. The standard InChI is InChI=1S/C21H29N5O5S/c22-21(27)18-3-2-16-14-23-15-19(20(16)24-18)25-7-4-17(5-8-25)31-12-13-32(28,29)26-6-1-10-30-11-9-26/h2-3,14-15,17H,1,4-13H2,(H2,22,27). The van der Waals surface area contributed by atoms with E-state index in [1.54, 1.807) is 24.5 Å². The third-order valence-corrected chi connectivity index (χ3v) is 7.72. The van der Waals surface area contributed by atoms with E-state index in [1.807, 2.05) is 0 Å². The third kappa shape index (κ3) is 5.34. The number of sulfonamides is 1. The number of anilines is 1. The molecule has 2 N–H and O–H groups in total. The molecule has 4 rings (SSSR count). The number of aromatic nitrogens is 2. The first-order chi connectivity index (χ1) is 15.4. The van der Waals surface area contributed by atoms with Crippen molar-refractivity contribution in [3.05, 3.63) is 30.2 Å². The second-order valence-corrected chi connectivity index (χ2v) is 10.1. The van der Waals surface area contributed by atoms with Gasteiger partial charge < -0.3 is 20.1 Å². The quantitative estimate of drug-likeness (QED) is 0.638. The van der Waals surface area contributed by atoms with Crippen LogP contribution < -0.4 is 10.6 Å². The summed E-state index contributed by atoms with van der Waals surface area (Å²) in [6, 6.07) is 3.40. The predicted molar refractivity (Wildman–Crippen MR) is 120 cm³/mol. The van der Waals surface area contributed by atoms with E-state index < -0.39 is 15.9 Å². The lowest BCUT2D eigenvalue weighted by Gasteiger charge is -2.33. The number of pyridine rings is 2. The Bertz CT molecular complexity index is 1050. The lowest BCUT2D eigenvalue weighted by Crippen LogP contribution is -2.39. The average molecular weight is 464 g/mol. The lowest BCUT2D eigenvalue weighted by atomic mass is 10.1. The Balaban J connectivity index is 1.32. The van der Waals surface area contributed by atoms with Crippen molar-refractivity contribution < 1.29 is 22.7 Å². The number of carbonyl (C=O) groups excluding carboxylic acids is 1. The maximum Gasteiger partial charge on any atom is 0.267 e. The first-order valence-electron chi connectivity index (χ1n) is 10.9. The number of fused-ring (bicyclic) bond motifs is 1. The van der Waals surface area contributed by atoms with Gasteiger partial charge in [-0.1, -0.05) is 0 Å². The number of piperidine rings is 1. The van der Waals surface area contributed by atoms with Crippen molar-refractivity contribution in [2.24, 2.45) is 5.73 Å². The van der Waals surface area contributed by atoms with Crippen LogP contribution in [0, 0.1) is 0 Å². The molecule has 2 fully saturated rings. The molecule has 10 nitrogen and oxygen atoms in total. The topological polar surface area (TPSA) is 128 Å². The van der Waals surface area contributed by atoms with Crippen LogP contribution in [0.4, 0.5) is 5.69 Å². The van der Waals surface area contributed by atoms with E-state index in [2.05, 4.69) is 14.9 Å². The first-order valence-corrected chi connectivity index (χ1v) is 12.5. The van der Waals surface area contributed by atoms with Gasteiger partial charge in [0.15, 0.2) is 0 Å². The second kappa shape index (κ2) is 10.1. The largest absolute Gasteiger partial charge is 0.380 e. The molecule has 4 heterocycles. The van der Waals surface area contributed by atoms with Crippen LogP contribution in [0.5, 0.6) is 0 Å². The van der Waals surface area contributed by atoms with Crippen molar-refractivity contribution >= 4 is 32.5 Å². The molecule has 0 aliphatic carbocycles. The van der Waals surface area contributed by atoms with Crippen molar-refractivity contribution in [1.82, 2.24) is 14.3 Å². The maximum atomic E-state index is 12.6. The number of ether oxygens (including phenoxy) is 2. The molecule has 2 saturated heterocycles. The lowest BCUT2D eigenvalue weighted by molar-refractivity contribution is 0.0467. The van der Waals surface area contributed by atoms with Crippen LogP contribution in [0.3, 0.4) is 0 Å². The fraction of sp³-hybridized carbons (Fsp3) is 0.571. The summed E-state index contributed by atoms with van der Waals surface area (Å²) in [7, 11) is -3.33. The van der Waals surface area contributed by atoms with Gasteiger partial charge in [-0.05, 0) is 31.4 Å². The van der Waals surface area contributed by atoms with Crippen molar-refractivity contribution in [3.63, 3.8) is 0 Å². The van der Waals surface area contributed by atoms with Gasteiger partial charge in [0.25, 0.3) is 5.91 Å². The van der Waals surface area contributed by atoms with Crippen LogP contribution in [-0.2, 0) is 19.5 Å². The minimum atomic E-state index is -3.33. The molecule has 32 heavy (non-hydrogen) atoms. The molecular weight excluding hydrogens is 434 g/mol. The van der Waals surface area contributed by atoms with Crippen molar-refractivity contribution in [1.29, 1.82) is 0 Å². The second-order valence-electron chi connectivity index (χ2n) is 8.03. The molecule has 0 aromatic carbocycles. The van der Waals surface area contributed by atoms with Crippen LogP contribution in [0.1, 0.15) is 29.8 Å².